The fraction of sp³-hybridized carbons (Fsp3) is 0.643. The monoisotopic (exact) mass is 266 g/mol. The van der Waals surface area contributed by atoms with Gasteiger partial charge in [0.15, 0.2) is 0 Å². The molecule has 0 saturated carbocycles. The first-order chi connectivity index (χ1) is 8.52. The average molecular weight is 266 g/mol. The molecule has 1 fully saturated rings. The smallest absolute Gasteiger partial charge is 0.128 e. The molecule has 0 aromatic carbocycles. The molecule has 100 valence electrons. The summed E-state index contributed by atoms with van der Waals surface area (Å²) in [5.74, 6) is 2.19. The van der Waals surface area contributed by atoms with Gasteiger partial charge in [0.1, 0.15) is 5.82 Å². The number of aliphatic hydroxyl groups is 1. The summed E-state index contributed by atoms with van der Waals surface area (Å²) >= 11 is 2.04. The van der Waals surface area contributed by atoms with Crippen LogP contribution in [0.25, 0.3) is 0 Å². The Bertz CT molecular complexity index is 420. The van der Waals surface area contributed by atoms with Crippen LogP contribution in [0.2, 0.25) is 0 Å². The molecule has 0 spiro atoms. The highest BCUT2D eigenvalue weighted by Gasteiger charge is 2.24. The highest BCUT2D eigenvalue weighted by atomic mass is 32.2. The summed E-state index contributed by atoms with van der Waals surface area (Å²) in [6.07, 6.45) is 1.18. The highest BCUT2D eigenvalue weighted by molar-refractivity contribution is 8.00. The highest BCUT2D eigenvalue weighted by Crippen LogP contribution is 2.32. The van der Waals surface area contributed by atoms with Crippen LogP contribution in [0.5, 0.6) is 0 Å². The van der Waals surface area contributed by atoms with Gasteiger partial charge in [-0.2, -0.15) is 11.8 Å². The van der Waals surface area contributed by atoms with E-state index in [-0.39, 0.29) is 6.61 Å². The summed E-state index contributed by atoms with van der Waals surface area (Å²) in [7, 11) is 0. The van der Waals surface area contributed by atoms with E-state index in [9.17, 15) is 5.11 Å². The molecular formula is C14H22N2OS. The maximum Gasteiger partial charge on any atom is 0.128 e. The van der Waals surface area contributed by atoms with Gasteiger partial charge in [-0.25, -0.2) is 4.98 Å². The van der Waals surface area contributed by atoms with E-state index in [0.717, 1.165) is 35.9 Å². The quantitative estimate of drug-likeness (QED) is 0.892. The summed E-state index contributed by atoms with van der Waals surface area (Å²) in [6.45, 7) is 8.78. The fourth-order valence-electron chi connectivity index (χ4n) is 2.17. The molecule has 4 heteroatoms. The number of hydrogen-bond acceptors (Lipinski definition) is 4. The van der Waals surface area contributed by atoms with Crippen molar-refractivity contribution < 1.29 is 5.11 Å². The minimum absolute atomic E-state index is 0.0714. The number of aryl methyl sites for hydroxylation is 1. The van der Waals surface area contributed by atoms with E-state index in [0.29, 0.717) is 4.75 Å². The zero-order chi connectivity index (χ0) is 13.2. The molecule has 0 unspecified atom stereocenters. The van der Waals surface area contributed by atoms with E-state index < -0.39 is 0 Å². The molecule has 3 nitrogen and oxygen atoms in total. The van der Waals surface area contributed by atoms with E-state index in [1.807, 2.05) is 30.8 Å². The Kier molecular flexibility index (Phi) is 4.17. The van der Waals surface area contributed by atoms with Crippen molar-refractivity contribution >= 4 is 17.6 Å². The normalized spacial score (nSPS) is 19.7. The van der Waals surface area contributed by atoms with Crippen molar-refractivity contribution in [2.24, 2.45) is 0 Å². The minimum Gasteiger partial charge on any atom is -0.392 e. The molecular weight excluding hydrogens is 244 g/mol. The number of aliphatic hydroxyl groups excluding tert-OH is 1. The predicted octanol–water partition coefficient (Wildman–Crippen LogP) is 2.60. The summed E-state index contributed by atoms with van der Waals surface area (Å²) in [4.78, 5) is 6.97. The number of pyridine rings is 1. The third-order valence-electron chi connectivity index (χ3n) is 3.51. The number of aromatic nitrogens is 1. The second-order valence-electron chi connectivity index (χ2n) is 5.42. The lowest BCUT2D eigenvalue weighted by atomic mass is 10.1. The summed E-state index contributed by atoms with van der Waals surface area (Å²) in [5, 5.41) is 9.18. The maximum atomic E-state index is 9.18. The van der Waals surface area contributed by atoms with Crippen LogP contribution >= 0.6 is 11.8 Å². The first-order valence-electron chi connectivity index (χ1n) is 6.48. The Labute approximate surface area is 114 Å². The molecule has 2 rings (SSSR count). The minimum atomic E-state index is 0.0714. The maximum absolute atomic E-state index is 9.18. The molecule has 0 bridgehead atoms. The fourth-order valence-corrected chi connectivity index (χ4v) is 3.27. The SMILES string of the molecule is Cc1nc(N2CCSC(C)(C)CC2)ccc1CO. The lowest BCUT2D eigenvalue weighted by molar-refractivity contribution is 0.280. The van der Waals surface area contributed by atoms with E-state index in [1.54, 1.807) is 0 Å². The first-order valence-corrected chi connectivity index (χ1v) is 7.47. The first kappa shape index (κ1) is 13.7. The van der Waals surface area contributed by atoms with E-state index in [4.69, 9.17) is 0 Å². The van der Waals surface area contributed by atoms with Gasteiger partial charge in [0.25, 0.3) is 0 Å². The van der Waals surface area contributed by atoms with E-state index in [2.05, 4.69) is 23.7 Å². The molecule has 1 aliphatic rings. The third kappa shape index (κ3) is 3.18. The van der Waals surface area contributed by atoms with Crippen LogP contribution in [0.1, 0.15) is 31.5 Å². The van der Waals surface area contributed by atoms with Gasteiger partial charge in [0.2, 0.25) is 0 Å². The molecule has 1 N–H and O–H groups in total. The van der Waals surface area contributed by atoms with E-state index in [1.165, 1.54) is 6.42 Å². The van der Waals surface area contributed by atoms with Crippen LogP contribution in [-0.4, -0.2) is 33.7 Å². The molecule has 1 aromatic heterocycles. The van der Waals surface area contributed by atoms with Gasteiger partial charge in [-0.15, -0.1) is 0 Å². The lowest BCUT2D eigenvalue weighted by Crippen LogP contribution is -2.28. The van der Waals surface area contributed by atoms with Crippen LogP contribution in [-0.2, 0) is 6.61 Å². The second-order valence-corrected chi connectivity index (χ2v) is 7.22. The van der Waals surface area contributed by atoms with Gasteiger partial charge in [0, 0.05) is 29.3 Å². The Balaban J connectivity index is 2.14. The van der Waals surface area contributed by atoms with Crippen molar-refractivity contribution in [1.82, 2.24) is 4.98 Å². The molecule has 1 saturated heterocycles. The number of thioether (sulfide) groups is 1. The van der Waals surface area contributed by atoms with Crippen LogP contribution in [0.4, 0.5) is 5.82 Å². The molecule has 2 heterocycles. The van der Waals surface area contributed by atoms with Crippen LogP contribution in [0.15, 0.2) is 12.1 Å². The van der Waals surface area contributed by atoms with Crippen LogP contribution < -0.4 is 4.90 Å². The zero-order valence-corrected chi connectivity index (χ0v) is 12.3. The molecule has 0 atom stereocenters. The lowest BCUT2D eigenvalue weighted by Gasteiger charge is -2.24. The molecule has 18 heavy (non-hydrogen) atoms. The van der Waals surface area contributed by atoms with E-state index >= 15 is 0 Å². The van der Waals surface area contributed by atoms with Gasteiger partial charge in [0.05, 0.1) is 6.61 Å². The second kappa shape index (κ2) is 5.49. The summed E-state index contributed by atoms with van der Waals surface area (Å²) < 4.78 is 0.370. The van der Waals surface area contributed by atoms with Crippen molar-refractivity contribution in [3.05, 3.63) is 23.4 Å². The predicted molar refractivity (Wildman–Crippen MR) is 78.3 cm³/mol. The van der Waals surface area contributed by atoms with Gasteiger partial charge in [-0.1, -0.05) is 19.9 Å². The molecule has 1 aromatic rings. The van der Waals surface area contributed by atoms with Crippen molar-refractivity contribution in [3.8, 4) is 0 Å². The standard InChI is InChI=1S/C14H22N2OS/c1-11-12(10-17)4-5-13(15-11)16-7-6-14(2,3)18-9-8-16/h4-5,17H,6-10H2,1-3H3. The number of nitrogens with zero attached hydrogens (tertiary/aromatic N) is 2. The molecule has 0 amide bonds. The third-order valence-corrected chi connectivity index (χ3v) is 4.88. The van der Waals surface area contributed by atoms with Crippen molar-refractivity contribution in [3.63, 3.8) is 0 Å². The van der Waals surface area contributed by atoms with Gasteiger partial charge < -0.3 is 10.0 Å². The Morgan fingerprint density at radius 2 is 2.17 bits per heavy atom. The van der Waals surface area contributed by atoms with Gasteiger partial charge >= 0.3 is 0 Å². The van der Waals surface area contributed by atoms with Crippen molar-refractivity contribution in [2.45, 2.75) is 38.5 Å². The van der Waals surface area contributed by atoms with Gasteiger partial charge in [-0.3, -0.25) is 0 Å². The number of hydrogen-bond donors (Lipinski definition) is 1. The number of rotatable bonds is 2. The van der Waals surface area contributed by atoms with Crippen LogP contribution in [0.3, 0.4) is 0 Å². The summed E-state index contributed by atoms with van der Waals surface area (Å²) in [5.41, 5.74) is 1.86. The zero-order valence-electron chi connectivity index (χ0n) is 11.4. The Hall–Kier alpha value is -0.740. The van der Waals surface area contributed by atoms with Crippen LogP contribution in [0, 0.1) is 6.92 Å². The Morgan fingerprint density at radius 3 is 2.83 bits per heavy atom. The Morgan fingerprint density at radius 1 is 1.39 bits per heavy atom. The molecule has 0 aliphatic carbocycles. The number of anilines is 1. The average Bonchev–Trinajstić information content (AvgIpc) is 2.50. The topological polar surface area (TPSA) is 36.4 Å². The van der Waals surface area contributed by atoms with Crippen molar-refractivity contribution in [2.75, 3.05) is 23.7 Å². The largest absolute Gasteiger partial charge is 0.392 e. The molecule has 0 radical (unpaired) electrons. The van der Waals surface area contributed by atoms with Crippen molar-refractivity contribution in [1.29, 1.82) is 0 Å². The molecule has 1 aliphatic heterocycles. The van der Waals surface area contributed by atoms with Gasteiger partial charge in [-0.05, 0) is 25.0 Å². The summed E-state index contributed by atoms with van der Waals surface area (Å²) in [6, 6.07) is 4.02.